The Kier molecular flexibility index (Phi) is 11.2. The van der Waals surface area contributed by atoms with Crippen LogP contribution in [-0.4, -0.2) is 74.2 Å². The average molecular weight is 433 g/mol. The quantitative estimate of drug-likeness (QED) is 0.329. The predicted octanol–water partition coefficient (Wildman–Crippen LogP) is 3.15. The molecule has 0 amide bonds. The minimum atomic E-state index is -0.0696. The van der Waals surface area contributed by atoms with Gasteiger partial charge in [-0.3, -0.25) is 4.79 Å². The van der Waals surface area contributed by atoms with Gasteiger partial charge in [0.15, 0.2) is 5.96 Å². The van der Waals surface area contributed by atoms with E-state index >= 15 is 0 Å². The van der Waals surface area contributed by atoms with Crippen molar-refractivity contribution in [2.24, 2.45) is 10.9 Å². The van der Waals surface area contributed by atoms with Crippen LogP contribution in [0, 0.1) is 5.92 Å². The highest BCUT2D eigenvalue weighted by Gasteiger charge is 2.27. The number of piperidine rings is 1. The highest BCUT2D eigenvalue weighted by molar-refractivity contribution is 5.80. The van der Waals surface area contributed by atoms with Crippen LogP contribution in [0.25, 0.3) is 0 Å². The molecule has 0 unspecified atom stereocenters. The van der Waals surface area contributed by atoms with Crippen molar-refractivity contribution in [1.29, 1.82) is 0 Å². The molecule has 174 valence electrons. The van der Waals surface area contributed by atoms with Gasteiger partial charge in [0.1, 0.15) is 12.4 Å². The summed E-state index contributed by atoms with van der Waals surface area (Å²) >= 11 is 0. The lowest BCUT2D eigenvalue weighted by atomic mass is 9.97. The number of benzene rings is 1. The van der Waals surface area contributed by atoms with Crippen molar-refractivity contribution in [3.05, 3.63) is 29.8 Å². The van der Waals surface area contributed by atoms with Crippen LogP contribution in [0.5, 0.6) is 5.75 Å². The lowest BCUT2D eigenvalue weighted by molar-refractivity contribution is -0.149. The van der Waals surface area contributed by atoms with Crippen molar-refractivity contribution in [1.82, 2.24) is 15.1 Å². The van der Waals surface area contributed by atoms with Crippen molar-refractivity contribution < 1.29 is 14.3 Å². The number of carbonyl (C=O) groups excluding carboxylic acids is 1. The maximum atomic E-state index is 12.0. The number of para-hydroxylation sites is 1. The van der Waals surface area contributed by atoms with E-state index in [-0.39, 0.29) is 11.9 Å². The van der Waals surface area contributed by atoms with Gasteiger partial charge in [-0.05, 0) is 45.8 Å². The Morgan fingerprint density at radius 3 is 2.52 bits per heavy atom. The summed E-state index contributed by atoms with van der Waals surface area (Å²) in [7, 11) is 0. The van der Waals surface area contributed by atoms with Gasteiger partial charge >= 0.3 is 5.97 Å². The highest BCUT2D eigenvalue weighted by Crippen LogP contribution is 2.21. The Labute approximate surface area is 187 Å². The summed E-state index contributed by atoms with van der Waals surface area (Å²) in [6, 6.07) is 8.13. The van der Waals surface area contributed by atoms with Crippen LogP contribution < -0.4 is 10.1 Å². The molecule has 0 spiro atoms. The van der Waals surface area contributed by atoms with Gasteiger partial charge in [-0.1, -0.05) is 32.0 Å². The van der Waals surface area contributed by atoms with E-state index in [0.717, 1.165) is 69.4 Å². The van der Waals surface area contributed by atoms with Gasteiger partial charge < -0.3 is 24.6 Å². The number of esters is 1. The van der Waals surface area contributed by atoms with Crippen LogP contribution in [-0.2, 0) is 16.1 Å². The van der Waals surface area contributed by atoms with Crippen molar-refractivity contribution in [2.75, 3.05) is 52.5 Å². The molecule has 7 heteroatoms. The number of likely N-dealkylation sites (N-methyl/N-ethyl adjacent to an activating group) is 1. The number of ether oxygens (including phenoxy) is 2. The SMILES string of the molecule is CCNC(=NCc1ccccc1OCCN(CC)CC)N1CCC(C(=O)OCC)CC1. The Morgan fingerprint density at radius 1 is 1.16 bits per heavy atom. The van der Waals surface area contributed by atoms with Gasteiger partial charge in [0.25, 0.3) is 0 Å². The molecule has 0 radical (unpaired) electrons. The average Bonchev–Trinajstić information content (AvgIpc) is 2.80. The second-order valence-electron chi connectivity index (χ2n) is 7.67. The summed E-state index contributed by atoms with van der Waals surface area (Å²) < 4.78 is 11.3. The Hall–Kier alpha value is -2.28. The van der Waals surface area contributed by atoms with E-state index in [4.69, 9.17) is 14.5 Å². The number of hydrogen-bond acceptors (Lipinski definition) is 5. The molecule has 1 aliphatic heterocycles. The van der Waals surface area contributed by atoms with Crippen molar-refractivity contribution in [3.63, 3.8) is 0 Å². The van der Waals surface area contributed by atoms with Gasteiger partial charge in [0.2, 0.25) is 0 Å². The summed E-state index contributed by atoms with van der Waals surface area (Å²) in [6.07, 6.45) is 1.60. The highest BCUT2D eigenvalue weighted by atomic mass is 16.5. The first-order chi connectivity index (χ1) is 15.1. The summed E-state index contributed by atoms with van der Waals surface area (Å²) in [5.41, 5.74) is 1.08. The molecule has 1 aromatic rings. The van der Waals surface area contributed by atoms with Crippen LogP contribution in [0.1, 0.15) is 46.1 Å². The molecule has 0 aromatic heterocycles. The largest absolute Gasteiger partial charge is 0.492 e. The maximum absolute atomic E-state index is 12.0. The number of hydrogen-bond donors (Lipinski definition) is 1. The summed E-state index contributed by atoms with van der Waals surface area (Å²) in [5, 5.41) is 3.40. The van der Waals surface area contributed by atoms with Gasteiger partial charge in [-0.2, -0.15) is 0 Å². The Morgan fingerprint density at radius 2 is 1.87 bits per heavy atom. The second-order valence-corrected chi connectivity index (χ2v) is 7.67. The summed E-state index contributed by atoms with van der Waals surface area (Å²) in [5.74, 6) is 1.72. The fourth-order valence-electron chi connectivity index (χ4n) is 3.77. The third-order valence-corrected chi connectivity index (χ3v) is 5.68. The molecule has 2 rings (SSSR count). The van der Waals surface area contributed by atoms with E-state index in [9.17, 15) is 4.79 Å². The second kappa shape index (κ2) is 13.9. The Bertz CT molecular complexity index is 683. The zero-order valence-electron chi connectivity index (χ0n) is 19.7. The fraction of sp³-hybridized carbons (Fsp3) is 0.667. The van der Waals surface area contributed by atoms with Crippen LogP contribution in [0.3, 0.4) is 0 Å². The fourth-order valence-corrected chi connectivity index (χ4v) is 3.77. The van der Waals surface area contributed by atoms with Crippen LogP contribution >= 0.6 is 0 Å². The molecular formula is C24H40N4O3. The minimum Gasteiger partial charge on any atom is -0.492 e. The number of nitrogens with zero attached hydrogens (tertiary/aromatic N) is 3. The van der Waals surface area contributed by atoms with Gasteiger partial charge in [-0.25, -0.2) is 4.99 Å². The standard InChI is InChI=1S/C24H40N4O3/c1-5-25-24(28-15-13-20(14-16-28)23(29)30-8-4)26-19-21-11-9-10-12-22(21)31-18-17-27(6-2)7-3/h9-12,20H,5-8,13-19H2,1-4H3,(H,25,26). The van der Waals surface area contributed by atoms with Crippen molar-refractivity contribution >= 4 is 11.9 Å². The zero-order chi connectivity index (χ0) is 22.5. The van der Waals surface area contributed by atoms with Gasteiger partial charge in [0.05, 0.1) is 19.1 Å². The first kappa shape index (κ1) is 25.0. The predicted molar refractivity (Wildman–Crippen MR) is 125 cm³/mol. The van der Waals surface area contributed by atoms with E-state index in [2.05, 4.69) is 42.0 Å². The van der Waals surface area contributed by atoms with E-state index in [1.54, 1.807) is 0 Å². The summed E-state index contributed by atoms with van der Waals surface area (Å²) in [4.78, 5) is 21.5. The monoisotopic (exact) mass is 432 g/mol. The molecule has 0 aliphatic carbocycles. The molecule has 1 aromatic carbocycles. The lowest BCUT2D eigenvalue weighted by Gasteiger charge is -2.33. The molecule has 31 heavy (non-hydrogen) atoms. The molecule has 1 N–H and O–H groups in total. The molecule has 0 atom stereocenters. The van der Waals surface area contributed by atoms with E-state index in [0.29, 0.717) is 19.8 Å². The van der Waals surface area contributed by atoms with Crippen LogP contribution in [0.2, 0.25) is 0 Å². The Balaban J connectivity index is 1.97. The number of guanidine groups is 1. The zero-order valence-corrected chi connectivity index (χ0v) is 19.7. The summed E-state index contributed by atoms with van der Waals surface area (Å²) in [6.45, 7) is 15.3. The normalized spacial score (nSPS) is 15.3. The number of aliphatic imine (C=N–C) groups is 1. The van der Waals surface area contributed by atoms with E-state index in [1.807, 2.05) is 25.1 Å². The molecule has 0 saturated carbocycles. The first-order valence-electron chi connectivity index (χ1n) is 11.8. The number of carbonyl (C=O) groups is 1. The van der Waals surface area contributed by atoms with Gasteiger partial charge in [-0.15, -0.1) is 0 Å². The first-order valence-corrected chi connectivity index (χ1v) is 11.8. The molecular weight excluding hydrogens is 392 g/mol. The van der Waals surface area contributed by atoms with Crippen LogP contribution in [0.15, 0.2) is 29.3 Å². The van der Waals surface area contributed by atoms with Gasteiger partial charge in [0, 0.05) is 31.7 Å². The third kappa shape index (κ3) is 8.05. The van der Waals surface area contributed by atoms with Crippen molar-refractivity contribution in [3.8, 4) is 5.75 Å². The molecule has 1 saturated heterocycles. The topological polar surface area (TPSA) is 66.4 Å². The van der Waals surface area contributed by atoms with E-state index < -0.39 is 0 Å². The number of nitrogens with one attached hydrogen (secondary N) is 1. The molecule has 0 bridgehead atoms. The lowest BCUT2D eigenvalue weighted by Crippen LogP contribution is -2.46. The maximum Gasteiger partial charge on any atom is 0.309 e. The molecule has 1 fully saturated rings. The number of likely N-dealkylation sites (tertiary alicyclic amines) is 1. The number of rotatable bonds is 11. The third-order valence-electron chi connectivity index (χ3n) is 5.68. The molecule has 1 aliphatic rings. The van der Waals surface area contributed by atoms with E-state index in [1.165, 1.54) is 0 Å². The smallest absolute Gasteiger partial charge is 0.309 e. The molecule has 1 heterocycles. The molecule has 7 nitrogen and oxygen atoms in total. The van der Waals surface area contributed by atoms with Crippen molar-refractivity contribution in [2.45, 2.75) is 47.1 Å². The van der Waals surface area contributed by atoms with Crippen LogP contribution in [0.4, 0.5) is 0 Å². The minimum absolute atomic E-state index is 0.000917.